The fourth-order valence-corrected chi connectivity index (χ4v) is 3.16. The van der Waals surface area contributed by atoms with Crippen LogP contribution in [0, 0.1) is 0 Å². The Morgan fingerprint density at radius 1 is 1.08 bits per heavy atom. The van der Waals surface area contributed by atoms with Gasteiger partial charge in [0, 0.05) is 17.5 Å². The molecule has 1 aliphatic heterocycles. The monoisotopic (exact) mass is 346 g/mol. The van der Waals surface area contributed by atoms with Crippen LogP contribution in [0.1, 0.15) is 34.1 Å². The predicted octanol–water partition coefficient (Wildman–Crippen LogP) is 4.28. The van der Waals surface area contributed by atoms with Gasteiger partial charge in [0.25, 0.3) is 5.91 Å². The Kier molecular flexibility index (Phi) is 4.27. The molecule has 26 heavy (non-hydrogen) atoms. The maximum Gasteiger partial charge on any atom is 0.274 e. The maximum absolute atomic E-state index is 13.0. The van der Waals surface area contributed by atoms with Gasteiger partial charge in [-0.2, -0.15) is 5.10 Å². The molecule has 3 aromatic rings. The lowest BCUT2D eigenvalue weighted by Crippen LogP contribution is -2.26. The van der Waals surface area contributed by atoms with Gasteiger partial charge in [-0.3, -0.25) is 4.79 Å². The summed E-state index contributed by atoms with van der Waals surface area (Å²) >= 11 is 0. The topological polar surface area (TPSA) is 55.0 Å². The Bertz CT molecular complexity index is 933. The molecule has 0 N–H and O–H groups in total. The number of furan rings is 1. The van der Waals surface area contributed by atoms with Crippen LogP contribution in [0.4, 0.5) is 0 Å². The number of hydrogen-bond acceptors (Lipinski definition) is 4. The average molecular weight is 346 g/mol. The number of hydrazone groups is 1. The maximum atomic E-state index is 13.0. The minimum atomic E-state index is -0.280. The van der Waals surface area contributed by atoms with Crippen molar-refractivity contribution in [3.05, 3.63) is 89.9 Å². The number of hydrogen-bond donors (Lipinski definition) is 0. The first-order valence-corrected chi connectivity index (χ1v) is 8.41. The summed E-state index contributed by atoms with van der Waals surface area (Å²) in [6.07, 6.45) is 2.17. The Morgan fingerprint density at radius 2 is 1.85 bits per heavy atom. The van der Waals surface area contributed by atoms with Crippen LogP contribution in [0.25, 0.3) is 0 Å². The second-order valence-electron chi connectivity index (χ2n) is 6.00. The van der Waals surface area contributed by atoms with Gasteiger partial charge in [0.2, 0.25) is 0 Å². The highest BCUT2D eigenvalue weighted by Crippen LogP contribution is 2.35. The molecule has 0 saturated heterocycles. The number of methoxy groups -OCH3 is 1. The lowest BCUT2D eigenvalue weighted by molar-refractivity contribution is 0.0693. The summed E-state index contributed by atoms with van der Waals surface area (Å²) in [7, 11) is 1.63. The van der Waals surface area contributed by atoms with Gasteiger partial charge in [-0.25, -0.2) is 5.01 Å². The van der Waals surface area contributed by atoms with Gasteiger partial charge in [0.1, 0.15) is 17.6 Å². The van der Waals surface area contributed by atoms with Crippen molar-refractivity contribution >= 4 is 11.6 Å². The van der Waals surface area contributed by atoms with Gasteiger partial charge in [-0.05, 0) is 36.4 Å². The standard InChI is InChI=1S/C21H18N2O3/c1-25-19-11-6-5-10-16(19)17-14-18(20-12-7-13-26-20)23(22-17)21(24)15-8-3-2-4-9-15/h2-13,18H,14H2,1H3. The first-order valence-electron chi connectivity index (χ1n) is 8.41. The molecule has 2 heterocycles. The van der Waals surface area contributed by atoms with Crippen LogP contribution < -0.4 is 4.74 Å². The average Bonchev–Trinajstić information content (AvgIpc) is 3.37. The zero-order valence-electron chi connectivity index (χ0n) is 14.3. The molecule has 0 spiro atoms. The van der Waals surface area contributed by atoms with E-state index in [2.05, 4.69) is 5.10 Å². The second-order valence-corrected chi connectivity index (χ2v) is 6.00. The summed E-state index contributed by atoms with van der Waals surface area (Å²) in [5.74, 6) is 1.29. The molecule has 0 saturated carbocycles. The lowest BCUT2D eigenvalue weighted by atomic mass is 10.0. The van der Waals surface area contributed by atoms with Gasteiger partial charge in [-0.1, -0.05) is 30.3 Å². The number of para-hydroxylation sites is 1. The first-order chi connectivity index (χ1) is 12.8. The van der Waals surface area contributed by atoms with Gasteiger partial charge in [0.15, 0.2) is 0 Å². The molecule has 1 aliphatic rings. The van der Waals surface area contributed by atoms with E-state index in [1.165, 1.54) is 5.01 Å². The molecule has 130 valence electrons. The Hall–Kier alpha value is -3.34. The van der Waals surface area contributed by atoms with E-state index in [1.807, 2.05) is 54.6 Å². The van der Waals surface area contributed by atoms with E-state index in [9.17, 15) is 4.79 Å². The zero-order valence-corrected chi connectivity index (χ0v) is 14.3. The number of carbonyl (C=O) groups excluding carboxylic acids is 1. The Morgan fingerprint density at radius 3 is 2.58 bits per heavy atom. The fraction of sp³-hybridized carbons (Fsp3) is 0.143. The van der Waals surface area contributed by atoms with E-state index in [4.69, 9.17) is 9.15 Å². The van der Waals surface area contributed by atoms with Crippen molar-refractivity contribution < 1.29 is 13.9 Å². The molecule has 1 aromatic heterocycles. The van der Waals surface area contributed by atoms with Crippen LogP contribution in [-0.2, 0) is 0 Å². The third-order valence-electron chi connectivity index (χ3n) is 4.43. The second kappa shape index (κ2) is 6.88. The molecular formula is C21H18N2O3. The Labute approximate surface area is 151 Å². The van der Waals surface area contributed by atoms with E-state index in [-0.39, 0.29) is 11.9 Å². The van der Waals surface area contributed by atoms with Gasteiger partial charge < -0.3 is 9.15 Å². The van der Waals surface area contributed by atoms with Gasteiger partial charge in [0.05, 0.1) is 19.1 Å². The summed E-state index contributed by atoms with van der Waals surface area (Å²) < 4.78 is 11.0. The summed E-state index contributed by atoms with van der Waals surface area (Å²) in [5.41, 5.74) is 2.28. The highest BCUT2D eigenvalue weighted by molar-refractivity contribution is 6.06. The highest BCUT2D eigenvalue weighted by atomic mass is 16.5. The number of amides is 1. The molecule has 5 nitrogen and oxygen atoms in total. The summed E-state index contributed by atoms with van der Waals surface area (Å²) in [6.45, 7) is 0. The predicted molar refractivity (Wildman–Crippen MR) is 98.2 cm³/mol. The number of carbonyl (C=O) groups is 1. The molecule has 5 heteroatoms. The molecular weight excluding hydrogens is 328 g/mol. The third kappa shape index (κ3) is 2.88. The van der Waals surface area contributed by atoms with Crippen LogP contribution >= 0.6 is 0 Å². The van der Waals surface area contributed by atoms with Crippen molar-refractivity contribution in [1.82, 2.24) is 5.01 Å². The summed E-state index contributed by atoms with van der Waals surface area (Å²) in [5, 5.41) is 6.15. The van der Waals surface area contributed by atoms with Crippen molar-refractivity contribution in [3.8, 4) is 5.75 Å². The first kappa shape index (κ1) is 16.1. The van der Waals surface area contributed by atoms with Gasteiger partial charge in [-0.15, -0.1) is 0 Å². The normalized spacial score (nSPS) is 16.4. The minimum absolute atomic E-state index is 0.156. The summed E-state index contributed by atoms with van der Waals surface area (Å²) in [4.78, 5) is 13.0. The van der Waals surface area contributed by atoms with Crippen LogP contribution in [0.15, 0.2) is 82.5 Å². The third-order valence-corrected chi connectivity index (χ3v) is 4.43. The molecule has 0 aliphatic carbocycles. The van der Waals surface area contributed by atoms with Crippen molar-refractivity contribution in [2.75, 3.05) is 7.11 Å². The van der Waals surface area contributed by atoms with Crippen LogP contribution in [-0.4, -0.2) is 23.7 Å². The fourth-order valence-electron chi connectivity index (χ4n) is 3.16. The Balaban J connectivity index is 1.75. The lowest BCUT2D eigenvalue weighted by Gasteiger charge is -2.19. The molecule has 0 bridgehead atoms. The number of nitrogens with zero attached hydrogens (tertiary/aromatic N) is 2. The molecule has 4 rings (SSSR count). The van der Waals surface area contributed by atoms with Crippen LogP contribution in [0.2, 0.25) is 0 Å². The van der Waals surface area contributed by atoms with Crippen LogP contribution in [0.3, 0.4) is 0 Å². The minimum Gasteiger partial charge on any atom is -0.496 e. The van der Waals surface area contributed by atoms with E-state index >= 15 is 0 Å². The largest absolute Gasteiger partial charge is 0.496 e. The molecule has 1 amide bonds. The molecule has 0 fully saturated rings. The summed E-state index contributed by atoms with van der Waals surface area (Å²) in [6, 6.07) is 20.3. The molecule has 1 atom stereocenters. The van der Waals surface area contributed by atoms with Crippen molar-refractivity contribution in [2.24, 2.45) is 5.10 Å². The highest BCUT2D eigenvalue weighted by Gasteiger charge is 2.36. The van der Waals surface area contributed by atoms with E-state index in [1.54, 1.807) is 25.5 Å². The van der Waals surface area contributed by atoms with Crippen molar-refractivity contribution in [3.63, 3.8) is 0 Å². The van der Waals surface area contributed by atoms with Crippen molar-refractivity contribution in [2.45, 2.75) is 12.5 Å². The zero-order chi connectivity index (χ0) is 17.9. The van der Waals surface area contributed by atoms with Crippen molar-refractivity contribution in [1.29, 1.82) is 0 Å². The van der Waals surface area contributed by atoms with Gasteiger partial charge >= 0.3 is 0 Å². The van der Waals surface area contributed by atoms with E-state index < -0.39 is 0 Å². The quantitative estimate of drug-likeness (QED) is 0.708. The van der Waals surface area contributed by atoms with Crippen LogP contribution in [0.5, 0.6) is 5.75 Å². The number of ether oxygens (including phenoxy) is 1. The number of rotatable bonds is 4. The molecule has 0 radical (unpaired) electrons. The molecule has 2 aromatic carbocycles. The molecule has 1 unspecified atom stereocenters. The number of benzene rings is 2. The van der Waals surface area contributed by atoms with E-state index in [0.29, 0.717) is 17.7 Å². The van der Waals surface area contributed by atoms with E-state index in [0.717, 1.165) is 17.0 Å². The smallest absolute Gasteiger partial charge is 0.274 e. The SMILES string of the molecule is COc1ccccc1C1=NN(C(=O)c2ccccc2)C(c2ccco2)C1.